The lowest BCUT2D eigenvalue weighted by Crippen LogP contribution is -2.63. The van der Waals surface area contributed by atoms with Crippen molar-refractivity contribution in [1.29, 1.82) is 0 Å². The van der Waals surface area contributed by atoms with Crippen LogP contribution in [0.5, 0.6) is 0 Å². The molecule has 3 fully saturated rings. The number of likely N-dealkylation sites (tertiary alicyclic amines) is 1. The van der Waals surface area contributed by atoms with Crippen molar-refractivity contribution in [3.8, 4) is 0 Å². The number of urea groups is 1. The molecule has 54 heavy (non-hydrogen) atoms. The van der Waals surface area contributed by atoms with E-state index in [1.165, 1.54) is 10.4 Å². The Bertz CT molecular complexity index is 1750. The van der Waals surface area contributed by atoms with E-state index < -0.39 is 68.6 Å². The van der Waals surface area contributed by atoms with Gasteiger partial charge < -0.3 is 26.2 Å². The summed E-state index contributed by atoms with van der Waals surface area (Å²) < 4.78 is 28.3. The van der Waals surface area contributed by atoms with E-state index in [4.69, 9.17) is 0 Å². The molecule has 0 radical (unpaired) electrons. The zero-order chi connectivity index (χ0) is 39.8. The highest BCUT2D eigenvalue weighted by atomic mass is 32.2. The molecule has 4 aliphatic rings. The van der Waals surface area contributed by atoms with Crippen molar-refractivity contribution in [1.82, 2.24) is 30.5 Å². The first kappa shape index (κ1) is 41.4. The molecule has 13 nitrogen and oxygen atoms in total. The number of benzene rings is 1. The molecule has 2 saturated carbocycles. The number of piperidine rings is 1. The van der Waals surface area contributed by atoms with Crippen molar-refractivity contribution in [2.45, 2.75) is 129 Å². The molecule has 0 aromatic heterocycles. The highest BCUT2D eigenvalue weighted by Gasteiger charge is 2.70. The van der Waals surface area contributed by atoms with Crippen molar-refractivity contribution in [3.63, 3.8) is 0 Å². The second kappa shape index (κ2) is 15.8. The molecular formula is C40H60N6O7S. The monoisotopic (exact) mass is 768 g/mol. The van der Waals surface area contributed by atoms with Gasteiger partial charge in [0.1, 0.15) is 12.1 Å². The highest BCUT2D eigenvalue weighted by Crippen LogP contribution is 2.65. The average molecular weight is 769 g/mol. The van der Waals surface area contributed by atoms with Crippen molar-refractivity contribution in [2.24, 2.45) is 28.1 Å². The fourth-order valence-electron chi connectivity index (χ4n) is 8.92. The van der Waals surface area contributed by atoms with Crippen LogP contribution in [-0.2, 0) is 35.7 Å². The van der Waals surface area contributed by atoms with Gasteiger partial charge in [0, 0.05) is 32.2 Å². The standard InChI is InChI=1S/C40H60N6O7S/c1-9-16-27(32(47)35(49)41-21-10-2)42-34(48)31-30-26(39(30,6)7)23-46(31)36(50)33(40(8)19-14-11-15-20-40)44-37(51)43-29(38(3,4)5)24-45-22-25-17-12-13-18-28(25)54(45,52)53/h10,12-13,17-18,26-27,29-31,33H,2,9,11,14-16,19-24H2,1,3-8H3,(H,41,49)(H,42,48)(H2,43,44,51). The first-order valence-electron chi connectivity index (χ1n) is 19.5. The van der Waals surface area contributed by atoms with Gasteiger partial charge in [-0.1, -0.05) is 98.4 Å². The van der Waals surface area contributed by atoms with Crippen LogP contribution < -0.4 is 21.3 Å². The Hall–Kier alpha value is -3.78. The van der Waals surface area contributed by atoms with E-state index >= 15 is 0 Å². The van der Waals surface area contributed by atoms with E-state index in [0.29, 0.717) is 31.4 Å². The van der Waals surface area contributed by atoms with Crippen LogP contribution in [0.1, 0.15) is 99.0 Å². The van der Waals surface area contributed by atoms with E-state index in [2.05, 4.69) is 41.7 Å². The number of nitrogens with zero attached hydrogens (tertiary/aromatic N) is 2. The number of fused-ring (bicyclic) bond motifs is 2. The quantitative estimate of drug-likeness (QED) is 0.164. The van der Waals surface area contributed by atoms with Crippen molar-refractivity contribution < 1.29 is 32.4 Å². The second-order valence-electron chi connectivity index (χ2n) is 17.7. The second-order valence-corrected chi connectivity index (χ2v) is 19.6. The van der Waals surface area contributed by atoms with Gasteiger partial charge in [-0.2, -0.15) is 4.31 Å². The van der Waals surface area contributed by atoms with Gasteiger partial charge in [-0.05, 0) is 59.0 Å². The summed E-state index contributed by atoms with van der Waals surface area (Å²) in [6.07, 6.45) is 6.46. The van der Waals surface area contributed by atoms with Crippen LogP contribution in [0.25, 0.3) is 0 Å². The van der Waals surface area contributed by atoms with Crippen LogP contribution in [-0.4, -0.2) is 91.0 Å². The first-order chi connectivity index (χ1) is 25.3. The number of rotatable bonds is 14. The van der Waals surface area contributed by atoms with E-state index in [1.807, 2.05) is 34.6 Å². The van der Waals surface area contributed by atoms with E-state index in [9.17, 15) is 32.4 Å². The van der Waals surface area contributed by atoms with Crippen molar-refractivity contribution in [2.75, 3.05) is 19.6 Å². The highest BCUT2D eigenvalue weighted by molar-refractivity contribution is 7.89. The summed E-state index contributed by atoms with van der Waals surface area (Å²) in [4.78, 5) is 70.7. The molecule has 1 aromatic carbocycles. The van der Waals surface area contributed by atoms with E-state index in [0.717, 1.165) is 19.3 Å². The molecule has 6 atom stereocenters. The Morgan fingerprint density at radius 2 is 1.67 bits per heavy atom. The lowest BCUT2D eigenvalue weighted by atomic mass is 9.70. The molecule has 5 amide bonds. The number of hydrogen-bond donors (Lipinski definition) is 4. The molecule has 6 unspecified atom stereocenters. The van der Waals surface area contributed by atoms with Crippen LogP contribution in [0, 0.1) is 28.1 Å². The topological polar surface area (TPSA) is 174 Å². The number of carbonyl (C=O) groups is 5. The fraction of sp³-hybridized carbons (Fsp3) is 0.675. The molecule has 2 heterocycles. The molecule has 14 heteroatoms. The lowest BCUT2D eigenvalue weighted by molar-refractivity contribution is -0.146. The average Bonchev–Trinajstić information content (AvgIpc) is 3.36. The number of hydrogen-bond acceptors (Lipinski definition) is 7. The van der Waals surface area contributed by atoms with Crippen LogP contribution >= 0.6 is 0 Å². The Labute approximate surface area is 320 Å². The van der Waals surface area contributed by atoms with Crippen LogP contribution in [0.15, 0.2) is 41.8 Å². The Morgan fingerprint density at radius 1 is 1.00 bits per heavy atom. The van der Waals surface area contributed by atoms with Gasteiger partial charge in [-0.25, -0.2) is 13.2 Å². The Balaban J connectivity index is 1.38. The number of ketones is 1. The van der Waals surface area contributed by atoms with Gasteiger partial charge in [0.15, 0.2) is 0 Å². The summed E-state index contributed by atoms with van der Waals surface area (Å²) in [5.74, 6) is -2.50. The van der Waals surface area contributed by atoms with Gasteiger partial charge in [-0.3, -0.25) is 19.2 Å². The molecule has 4 N–H and O–H groups in total. The predicted octanol–water partition coefficient (Wildman–Crippen LogP) is 3.88. The van der Waals surface area contributed by atoms with Crippen molar-refractivity contribution >= 4 is 39.6 Å². The van der Waals surface area contributed by atoms with Crippen molar-refractivity contribution in [3.05, 3.63) is 42.5 Å². The third-order valence-corrected chi connectivity index (χ3v) is 14.4. The molecule has 2 aliphatic heterocycles. The Kier molecular flexibility index (Phi) is 12.1. The van der Waals surface area contributed by atoms with Gasteiger partial charge in [0.25, 0.3) is 5.91 Å². The summed E-state index contributed by atoms with van der Waals surface area (Å²) in [7, 11) is -3.75. The molecule has 298 valence electrons. The summed E-state index contributed by atoms with van der Waals surface area (Å²) >= 11 is 0. The maximum atomic E-state index is 14.9. The molecular weight excluding hydrogens is 709 g/mol. The zero-order valence-electron chi connectivity index (χ0n) is 33.0. The predicted molar refractivity (Wildman–Crippen MR) is 205 cm³/mol. The molecule has 0 bridgehead atoms. The maximum absolute atomic E-state index is 14.9. The summed E-state index contributed by atoms with van der Waals surface area (Å²) in [6.45, 7) is 18.1. The van der Waals surface area contributed by atoms with Gasteiger partial charge >= 0.3 is 6.03 Å². The summed E-state index contributed by atoms with van der Waals surface area (Å²) in [6, 6.07) is 2.80. The number of Topliss-reactive ketones (excluding diaryl/α,β-unsaturated/α-hetero) is 1. The number of carbonyl (C=O) groups excluding carboxylic acids is 5. The van der Waals surface area contributed by atoms with Gasteiger partial charge in [0.05, 0.1) is 10.9 Å². The minimum atomic E-state index is -3.75. The first-order valence-corrected chi connectivity index (χ1v) is 20.9. The van der Waals surface area contributed by atoms with E-state index in [1.54, 1.807) is 29.2 Å². The lowest BCUT2D eigenvalue weighted by Gasteiger charge is -2.43. The molecule has 5 rings (SSSR count). The number of nitrogens with one attached hydrogen (secondary N) is 4. The molecule has 1 aromatic rings. The largest absolute Gasteiger partial charge is 0.346 e. The smallest absolute Gasteiger partial charge is 0.315 e. The third-order valence-electron chi connectivity index (χ3n) is 12.5. The molecule has 0 spiro atoms. The van der Waals surface area contributed by atoms with Crippen LogP contribution in [0.3, 0.4) is 0 Å². The third kappa shape index (κ3) is 8.24. The fourth-order valence-corrected chi connectivity index (χ4v) is 10.6. The maximum Gasteiger partial charge on any atom is 0.315 e. The minimum Gasteiger partial charge on any atom is -0.346 e. The number of amides is 5. The molecule has 1 saturated heterocycles. The van der Waals surface area contributed by atoms with Crippen LogP contribution in [0.4, 0.5) is 4.79 Å². The van der Waals surface area contributed by atoms with Gasteiger partial charge in [0.2, 0.25) is 27.6 Å². The van der Waals surface area contributed by atoms with Gasteiger partial charge in [-0.15, -0.1) is 6.58 Å². The summed E-state index contributed by atoms with van der Waals surface area (Å²) in [5, 5.41) is 11.4. The van der Waals surface area contributed by atoms with E-state index in [-0.39, 0.29) is 54.1 Å². The Morgan fingerprint density at radius 3 is 2.28 bits per heavy atom. The minimum absolute atomic E-state index is 0.0416. The summed E-state index contributed by atoms with van der Waals surface area (Å²) in [5.41, 5.74) is -0.653. The SMILES string of the molecule is C=CCNC(=O)C(=O)C(CCC)NC(=O)C1C2C(CN1C(=O)C(NC(=O)NC(CN1Cc3ccccc3S1(=O)=O)C(C)(C)C)C1(C)CCCCC1)C2(C)C. The normalized spacial score (nSPS) is 25.2. The van der Waals surface area contributed by atoms with Crippen LogP contribution in [0.2, 0.25) is 0 Å². The number of sulfonamides is 1. The zero-order valence-corrected chi connectivity index (χ0v) is 33.8. The molecule has 2 aliphatic carbocycles.